The van der Waals surface area contributed by atoms with Gasteiger partial charge in [-0.1, -0.05) is 71.3 Å². The maximum absolute atomic E-state index is 6.30. The van der Waals surface area contributed by atoms with Gasteiger partial charge in [-0.2, -0.15) is 0 Å². The molecule has 1 unspecified atom stereocenters. The van der Waals surface area contributed by atoms with Crippen molar-refractivity contribution < 1.29 is 4.12 Å². The first-order chi connectivity index (χ1) is 20.2. The van der Waals surface area contributed by atoms with Crippen LogP contribution in [0.5, 0.6) is 0 Å². The summed E-state index contributed by atoms with van der Waals surface area (Å²) in [6, 6.07) is 15.5. The Hall–Kier alpha value is -0.416. The number of rotatable bonds is 19. The SMILES string of the molecule is CC(C)Cc1ccc(-c2ccc(C3CC=C(c4ccc(CCCCCCCCCCC[Si](C)(C)O[SiH](C)C)s4)S3)s2)s1. The van der Waals surface area contributed by atoms with Crippen molar-refractivity contribution in [1.29, 1.82) is 0 Å². The van der Waals surface area contributed by atoms with E-state index in [1.54, 1.807) is 4.88 Å². The van der Waals surface area contributed by atoms with E-state index in [0.717, 1.165) is 12.3 Å². The molecular weight excluding hydrogens is 621 g/mol. The van der Waals surface area contributed by atoms with E-state index in [0.29, 0.717) is 5.25 Å². The Morgan fingerprint density at radius 3 is 2.07 bits per heavy atom. The number of unbranched alkanes of at least 4 members (excludes halogenated alkanes) is 8. The van der Waals surface area contributed by atoms with Gasteiger partial charge in [-0.3, -0.25) is 0 Å². The Labute approximate surface area is 276 Å². The van der Waals surface area contributed by atoms with Crippen molar-refractivity contribution in [1.82, 2.24) is 0 Å². The van der Waals surface area contributed by atoms with E-state index >= 15 is 0 Å². The monoisotopic (exact) mass is 674 g/mol. The molecule has 1 aliphatic heterocycles. The summed E-state index contributed by atoms with van der Waals surface area (Å²) in [6.45, 7) is 14.1. The highest BCUT2D eigenvalue weighted by Gasteiger charge is 2.24. The number of hydrogen-bond donors (Lipinski definition) is 0. The zero-order valence-corrected chi connectivity index (χ0v) is 32.4. The minimum absolute atomic E-state index is 0.577. The summed E-state index contributed by atoms with van der Waals surface area (Å²) in [4.78, 5) is 10.5. The molecule has 3 aromatic heterocycles. The van der Waals surface area contributed by atoms with Crippen molar-refractivity contribution in [3.63, 3.8) is 0 Å². The largest absolute Gasteiger partial charge is 0.458 e. The first kappa shape index (κ1) is 34.5. The average Bonchev–Trinajstić information content (AvgIpc) is 3.72. The third-order valence-electron chi connectivity index (χ3n) is 7.91. The van der Waals surface area contributed by atoms with Gasteiger partial charge in [0.2, 0.25) is 0 Å². The highest BCUT2D eigenvalue weighted by Crippen LogP contribution is 2.52. The van der Waals surface area contributed by atoms with Crippen LogP contribution in [-0.2, 0) is 17.0 Å². The van der Waals surface area contributed by atoms with E-state index in [1.165, 1.54) is 106 Å². The van der Waals surface area contributed by atoms with Crippen LogP contribution < -0.4 is 0 Å². The minimum atomic E-state index is -1.36. The van der Waals surface area contributed by atoms with E-state index in [4.69, 9.17) is 4.12 Å². The third kappa shape index (κ3) is 11.5. The molecule has 0 aliphatic carbocycles. The Balaban J connectivity index is 1.08. The molecule has 0 fully saturated rings. The first-order valence-electron chi connectivity index (χ1n) is 16.5. The zero-order chi connectivity index (χ0) is 30.0. The Bertz CT molecular complexity index is 1240. The molecule has 3 aromatic rings. The van der Waals surface area contributed by atoms with Gasteiger partial charge in [-0.25, -0.2) is 0 Å². The molecule has 4 rings (SSSR count). The maximum atomic E-state index is 6.30. The molecule has 232 valence electrons. The molecule has 42 heavy (non-hydrogen) atoms. The van der Waals surface area contributed by atoms with Gasteiger partial charge in [0, 0.05) is 39.4 Å². The molecular formula is C35H54OS4Si2. The molecule has 7 heteroatoms. The predicted molar refractivity (Wildman–Crippen MR) is 201 cm³/mol. The third-order valence-corrected chi connectivity index (χ3v) is 19.2. The van der Waals surface area contributed by atoms with Crippen LogP contribution in [0.2, 0.25) is 32.2 Å². The summed E-state index contributed by atoms with van der Waals surface area (Å²) in [6.07, 6.45) is 18.7. The van der Waals surface area contributed by atoms with Crippen molar-refractivity contribution in [2.24, 2.45) is 5.92 Å². The molecule has 0 saturated heterocycles. The van der Waals surface area contributed by atoms with E-state index in [9.17, 15) is 0 Å². The highest BCUT2D eigenvalue weighted by atomic mass is 32.2. The quantitative estimate of drug-likeness (QED) is 0.0924. The van der Waals surface area contributed by atoms with Gasteiger partial charge in [-0.05, 0) is 100 Å². The summed E-state index contributed by atoms with van der Waals surface area (Å²) < 4.78 is 6.30. The minimum Gasteiger partial charge on any atom is -0.458 e. The lowest BCUT2D eigenvalue weighted by Gasteiger charge is -2.25. The Morgan fingerprint density at radius 1 is 0.762 bits per heavy atom. The normalized spacial score (nSPS) is 15.8. The van der Waals surface area contributed by atoms with Crippen molar-refractivity contribution in [2.75, 3.05) is 0 Å². The fourth-order valence-corrected chi connectivity index (χ4v) is 17.5. The first-order valence-corrected chi connectivity index (χ1v) is 25.7. The number of hydrogen-bond acceptors (Lipinski definition) is 5. The van der Waals surface area contributed by atoms with Gasteiger partial charge < -0.3 is 4.12 Å². The lowest BCUT2D eigenvalue weighted by atomic mass is 10.1. The van der Waals surface area contributed by atoms with Gasteiger partial charge in [0.1, 0.15) is 0 Å². The zero-order valence-electron chi connectivity index (χ0n) is 27.0. The lowest BCUT2D eigenvalue weighted by molar-refractivity contribution is 0.545. The van der Waals surface area contributed by atoms with E-state index < -0.39 is 17.4 Å². The van der Waals surface area contributed by atoms with Gasteiger partial charge in [-0.15, -0.1) is 45.8 Å². The van der Waals surface area contributed by atoms with E-state index in [1.807, 2.05) is 34.0 Å². The van der Waals surface area contributed by atoms with Crippen molar-refractivity contribution in [3.8, 4) is 9.75 Å². The molecule has 1 aliphatic rings. The van der Waals surface area contributed by atoms with Crippen LogP contribution in [0.4, 0.5) is 0 Å². The van der Waals surface area contributed by atoms with E-state index in [-0.39, 0.29) is 0 Å². The summed E-state index contributed by atoms with van der Waals surface area (Å²) >= 11 is 8.09. The Morgan fingerprint density at radius 2 is 1.36 bits per heavy atom. The lowest BCUT2D eigenvalue weighted by Crippen LogP contribution is -2.34. The summed E-state index contributed by atoms with van der Waals surface area (Å²) in [5.74, 6) is 0.721. The van der Waals surface area contributed by atoms with Crippen LogP contribution in [0.3, 0.4) is 0 Å². The predicted octanol–water partition coefficient (Wildman–Crippen LogP) is 13.2. The summed E-state index contributed by atoms with van der Waals surface area (Å²) in [5.41, 5.74) is 0. The molecule has 0 aromatic carbocycles. The molecule has 0 saturated carbocycles. The summed E-state index contributed by atoms with van der Waals surface area (Å²) in [7, 11) is -2.23. The number of allylic oxidation sites excluding steroid dienone is 1. The van der Waals surface area contributed by atoms with Crippen LogP contribution in [0.25, 0.3) is 14.7 Å². The molecule has 1 nitrogen and oxygen atoms in total. The molecule has 4 heterocycles. The highest BCUT2D eigenvalue weighted by molar-refractivity contribution is 8.09. The molecule has 0 spiro atoms. The van der Waals surface area contributed by atoms with Crippen molar-refractivity contribution >= 4 is 68.0 Å². The van der Waals surface area contributed by atoms with Gasteiger partial charge >= 0.3 is 0 Å². The standard InChI is InChI=1S/C35H54OS4Si2/c1-27(2)26-29-18-20-31(38-29)33-22-24-35(40-33)34-23-21-32(39-34)30-19-17-28(37-30)16-14-12-10-8-7-9-11-13-15-25-42(5,6)36-41(3)4/h17-22,24,27,34,41H,7-16,23,25-26H2,1-6H3. The van der Waals surface area contributed by atoms with Crippen LogP contribution >= 0.6 is 45.8 Å². The fourth-order valence-electron chi connectivity index (χ4n) is 5.91. The van der Waals surface area contributed by atoms with Gasteiger partial charge in [0.25, 0.3) is 0 Å². The molecule has 1 atom stereocenters. The second kappa shape index (κ2) is 17.3. The second-order valence-corrected chi connectivity index (χ2v) is 25.1. The van der Waals surface area contributed by atoms with Crippen LogP contribution in [0, 0.1) is 5.92 Å². The van der Waals surface area contributed by atoms with Crippen LogP contribution in [0.15, 0.2) is 42.5 Å². The average molecular weight is 675 g/mol. The van der Waals surface area contributed by atoms with Crippen molar-refractivity contribution in [3.05, 3.63) is 62.0 Å². The topological polar surface area (TPSA) is 9.23 Å². The fraction of sp³-hybridized carbons (Fsp3) is 0.600. The summed E-state index contributed by atoms with van der Waals surface area (Å²) in [5, 5.41) is 0.577. The Kier molecular flexibility index (Phi) is 14.2. The molecule has 0 bridgehead atoms. The van der Waals surface area contributed by atoms with Gasteiger partial charge in [0.05, 0.1) is 0 Å². The van der Waals surface area contributed by atoms with Gasteiger partial charge in [0.15, 0.2) is 17.4 Å². The maximum Gasteiger partial charge on any atom is 0.173 e. The molecule has 0 N–H and O–H groups in total. The van der Waals surface area contributed by atoms with Crippen LogP contribution in [-0.4, -0.2) is 17.4 Å². The molecule has 0 radical (unpaired) electrons. The number of aryl methyl sites for hydroxylation is 1. The second-order valence-electron chi connectivity index (χ2n) is 13.4. The van der Waals surface area contributed by atoms with E-state index in [2.05, 4.69) is 94.3 Å². The molecule has 0 amide bonds. The number of thiophene rings is 3. The number of thioether (sulfide) groups is 1. The van der Waals surface area contributed by atoms with Crippen molar-refractivity contribution in [2.45, 2.75) is 128 Å². The smallest absolute Gasteiger partial charge is 0.173 e. The van der Waals surface area contributed by atoms with Crippen LogP contribution in [0.1, 0.15) is 103 Å².